The van der Waals surface area contributed by atoms with Crippen molar-refractivity contribution in [2.75, 3.05) is 0 Å². The highest BCUT2D eigenvalue weighted by Gasteiger charge is 2.38. The van der Waals surface area contributed by atoms with Crippen molar-refractivity contribution in [3.63, 3.8) is 0 Å². The minimum atomic E-state index is -1.22. The summed E-state index contributed by atoms with van der Waals surface area (Å²) in [6.45, 7) is 7.35. The Bertz CT molecular complexity index is 544. The fourth-order valence-electron chi connectivity index (χ4n) is 1.62. The molecule has 7 heteroatoms. The van der Waals surface area contributed by atoms with Crippen molar-refractivity contribution >= 4 is 46.5 Å². The first-order valence-electron chi connectivity index (χ1n) is 6.72. The monoisotopic (exact) mass is 436 g/mol. The molecule has 1 aromatic carbocycles. The molecule has 0 radical (unpaired) electrons. The van der Waals surface area contributed by atoms with Gasteiger partial charge in [-0.3, -0.25) is 0 Å². The van der Waals surface area contributed by atoms with Gasteiger partial charge in [-0.1, -0.05) is 26.0 Å². The van der Waals surface area contributed by atoms with Gasteiger partial charge >= 0.3 is 11.9 Å². The molecule has 0 amide bonds. The third kappa shape index (κ3) is 5.25. The summed E-state index contributed by atoms with van der Waals surface area (Å²) in [5.74, 6) is -1.85. The summed E-state index contributed by atoms with van der Waals surface area (Å²) in [6.07, 6.45) is 1.44. The maximum Gasteiger partial charge on any atom is 0.348 e. The molecule has 1 unspecified atom stereocenters. The highest BCUT2D eigenvalue weighted by atomic mass is 127. The quantitative estimate of drug-likeness (QED) is 0.233. The van der Waals surface area contributed by atoms with E-state index < -0.39 is 17.7 Å². The Morgan fingerprint density at radius 1 is 1.09 bits per heavy atom. The van der Waals surface area contributed by atoms with Crippen LogP contribution in [0.3, 0.4) is 0 Å². The summed E-state index contributed by atoms with van der Waals surface area (Å²) in [5.41, 5.74) is 0.575. The molecule has 0 aliphatic carbocycles. The molecule has 1 atom stereocenters. The standard InChI is InChI=1S/C13H12IO5P.C2H6/c1-13(2)17-11(15)10(12(16)18-13)7-8-3-5-9(6-4-8)19-20-14;1-2/h3-7,20H,1-2H3;1-2H3. The number of carbonyl (C=O) groups is 2. The molecule has 0 aromatic heterocycles. The summed E-state index contributed by atoms with van der Waals surface area (Å²) in [6, 6.07) is 7.03. The van der Waals surface area contributed by atoms with E-state index in [9.17, 15) is 9.59 Å². The van der Waals surface area contributed by atoms with Gasteiger partial charge < -0.3 is 14.0 Å². The second kappa shape index (κ2) is 8.48. The van der Waals surface area contributed by atoms with Gasteiger partial charge in [-0.2, -0.15) is 0 Å². The van der Waals surface area contributed by atoms with Crippen molar-refractivity contribution in [1.82, 2.24) is 0 Å². The van der Waals surface area contributed by atoms with E-state index in [1.54, 1.807) is 24.3 Å². The molecular weight excluding hydrogens is 418 g/mol. The van der Waals surface area contributed by atoms with Crippen LogP contribution in [0.25, 0.3) is 6.08 Å². The average Bonchev–Trinajstić information content (AvgIpc) is 2.46. The van der Waals surface area contributed by atoms with Gasteiger partial charge in [-0.25, -0.2) is 9.59 Å². The number of hydrogen-bond donors (Lipinski definition) is 0. The number of esters is 2. The first-order chi connectivity index (χ1) is 10.4. The van der Waals surface area contributed by atoms with E-state index in [1.807, 2.05) is 13.8 Å². The molecule has 0 bridgehead atoms. The molecule has 1 aliphatic heterocycles. The topological polar surface area (TPSA) is 61.8 Å². The molecule has 0 spiro atoms. The Labute approximate surface area is 144 Å². The highest BCUT2D eigenvalue weighted by Crippen LogP contribution is 2.28. The SMILES string of the molecule is CC.CC1(C)OC(=O)C(=Cc2ccc(OPI)cc2)C(=O)O1. The van der Waals surface area contributed by atoms with Crippen molar-refractivity contribution in [2.45, 2.75) is 33.5 Å². The third-order valence-electron chi connectivity index (χ3n) is 2.46. The summed E-state index contributed by atoms with van der Waals surface area (Å²) >= 11 is 2.12. The molecule has 1 aliphatic rings. The number of ether oxygens (including phenoxy) is 2. The smallest absolute Gasteiger partial charge is 0.348 e. The predicted molar refractivity (Wildman–Crippen MR) is 95.0 cm³/mol. The zero-order valence-electron chi connectivity index (χ0n) is 12.8. The summed E-state index contributed by atoms with van der Waals surface area (Å²) < 4.78 is 15.4. The predicted octanol–water partition coefficient (Wildman–Crippen LogP) is 4.25. The average molecular weight is 436 g/mol. The van der Waals surface area contributed by atoms with Gasteiger partial charge in [0.25, 0.3) is 5.79 Å². The van der Waals surface area contributed by atoms with E-state index in [-0.39, 0.29) is 5.57 Å². The first kappa shape index (κ1) is 18.9. The van der Waals surface area contributed by atoms with Crippen LogP contribution in [-0.2, 0) is 19.1 Å². The Balaban J connectivity index is 0.00000116. The molecule has 0 N–H and O–H groups in total. The second-order valence-corrected chi connectivity index (χ2v) is 6.16. The summed E-state index contributed by atoms with van der Waals surface area (Å²) in [7, 11) is 0. The summed E-state index contributed by atoms with van der Waals surface area (Å²) in [5, 5.41) is 0. The lowest BCUT2D eigenvalue weighted by Gasteiger charge is -2.29. The van der Waals surface area contributed by atoms with Crippen molar-refractivity contribution in [3.8, 4) is 5.75 Å². The molecular formula is C15H18IO5P. The van der Waals surface area contributed by atoms with Gasteiger partial charge in [0.1, 0.15) is 17.8 Å². The largest absolute Gasteiger partial charge is 0.467 e. The van der Waals surface area contributed by atoms with Crippen molar-refractivity contribution in [3.05, 3.63) is 35.4 Å². The molecule has 22 heavy (non-hydrogen) atoms. The van der Waals surface area contributed by atoms with Crippen LogP contribution in [0.15, 0.2) is 29.8 Å². The van der Waals surface area contributed by atoms with E-state index >= 15 is 0 Å². The van der Waals surface area contributed by atoms with Crippen LogP contribution in [0, 0.1) is 0 Å². The number of halogens is 1. The zero-order valence-corrected chi connectivity index (χ0v) is 16.0. The molecule has 0 saturated carbocycles. The van der Waals surface area contributed by atoms with E-state index in [2.05, 4.69) is 22.0 Å². The lowest BCUT2D eigenvalue weighted by Crippen LogP contribution is -2.41. The van der Waals surface area contributed by atoms with Crippen LogP contribution in [0.1, 0.15) is 33.3 Å². The number of rotatable bonds is 3. The Morgan fingerprint density at radius 3 is 2.05 bits per heavy atom. The molecule has 1 heterocycles. The highest BCUT2D eigenvalue weighted by molar-refractivity contribution is 14.2. The Morgan fingerprint density at radius 2 is 1.59 bits per heavy atom. The van der Waals surface area contributed by atoms with Crippen LogP contribution in [0.5, 0.6) is 5.75 Å². The van der Waals surface area contributed by atoms with Crippen LogP contribution >= 0.6 is 28.5 Å². The lowest BCUT2D eigenvalue weighted by molar-refractivity contribution is -0.222. The fraction of sp³-hybridized carbons (Fsp3) is 0.333. The second-order valence-electron chi connectivity index (χ2n) is 4.49. The lowest BCUT2D eigenvalue weighted by atomic mass is 10.1. The van der Waals surface area contributed by atoms with Gasteiger partial charge in [0.15, 0.2) is 0 Å². The number of cyclic esters (lactones) is 2. The van der Waals surface area contributed by atoms with Crippen molar-refractivity contribution in [1.29, 1.82) is 0 Å². The number of hydrogen-bond acceptors (Lipinski definition) is 5. The molecule has 2 rings (SSSR count). The van der Waals surface area contributed by atoms with Crippen molar-refractivity contribution in [2.24, 2.45) is 0 Å². The number of carbonyl (C=O) groups excluding carboxylic acids is 2. The molecule has 1 saturated heterocycles. The van der Waals surface area contributed by atoms with Gasteiger partial charge in [-0.05, 0) is 45.8 Å². The maximum absolute atomic E-state index is 11.8. The Kier molecular flexibility index (Phi) is 7.29. The minimum absolute atomic E-state index is 0.117. The first-order valence-corrected chi connectivity index (χ1v) is 10.7. The van der Waals surface area contributed by atoms with Crippen LogP contribution in [0.4, 0.5) is 0 Å². The van der Waals surface area contributed by atoms with Crippen LogP contribution < -0.4 is 4.52 Å². The molecule has 1 fully saturated rings. The van der Waals surface area contributed by atoms with E-state index in [4.69, 9.17) is 14.0 Å². The number of benzene rings is 1. The van der Waals surface area contributed by atoms with Gasteiger partial charge in [-0.15, -0.1) is 0 Å². The van der Waals surface area contributed by atoms with E-state index in [0.717, 1.165) is 5.75 Å². The van der Waals surface area contributed by atoms with Crippen LogP contribution in [-0.4, -0.2) is 17.7 Å². The fourth-order valence-corrected chi connectivity index (χ4v) is 2.61. The summed E-state index contributed by atoms with van der Waals surface area (Å²) in [4.78, 5) is 23.6. The molecule has 120 valence electrons. The van der Waals surface area contributed by atoms with Crippen molar-refractivity contribution < 1.29 is 23.6 Å². The molecule has 1 aromatic rings. The maximum atomic E-state index is 11.8. The third-order valence-corrected chi connectivity index (χ3v) is 3.44. The Hall–Kier alpha value is -1.14. The van der Waals surface area contributed by atoms with Crippen LogP contribution in [0.2, 0.25) is 0 Å². The van der Waals surface area contributed by atoms with E-state index in [0.29, 0.717) is 12.0 Å². The zero-order chi connectivity index (χ0) is 16.8. The normalized spacial score (nSPS) is 16.5. The van der Waals surface area contributed by atoms with Gasteiger partial charge in [0.2, 0.25) is 0 Å². The van der Waals surface area contributed by atoms with E-state index in [1.165, 1.54) is 19.9 Å². The molecule has 5 nitrogen and oxygen atoms in total. The minimum Gasteiger partial charge on any atom is -0.467 e. The van der Waals surface area contributed by atoms with Gasteiger partial charge in [0.05, 0.1) is 0 Å². The van der Waals surface area contributed by atoms with Gasteiger partial charge in [0, 0.05) is 13.8 Å².